The maximum absolute atomic E-state index is 12.9. The first-order valence-electron chi connectivity index (χ1n) is 8.00. The van der Waals surface area contributed by atoms with Crippen LogP contribution in [0.25, 0.3) is 11.3 Å². The largest absolute Gasteiger partial charge is 0.417 e. The van der Waals surface area contributed by atoms with Gasteiger partial charge >= 0.3 is 6.18 Å². The highest BCUT2D eigenvalue weighted by Crippen LogP contribution is 2.29. The number of nitrogens with zero attached hydrogens (tertiary/aromatic N) is 5. The second-order valence-corrected chi connectivity index (χ2v) is 5.85. The van der Waals surface area contributed by atoms with Crippen LogP contribution in [0.3, 0.4) is 0 Å². The molecule has 4 aromatic rings. The lowest BCUT2D eigenvalue weighted by Crippen LogP contribution is -2.31. The first-order valence-corrected chi connectivity index (χ1v) is 8.00. The molecular formula is C17H11F3N6O2. The van der Waals surface area contributed by atoms with Gasteiger partial charge in [-0.05, 0) is 24.3 Å². The van der Waals surface area contributed by atoms with E-state index in [1.807, 2.05) is 0 Å². The van der Waals surface area contributed by atoms with Crippen LogP contribution in [0.4, 0.5) is 13.2 Å². The molecule has 0 radical (unpaired) electrons. The van der Waals surface area contributed by atoms with Crippen LogP contribution in [-0.2, 0) is 12.7 Å². The third kappa shape index (κ3) is 3.06. The second kappa shape index (κ2) is 6.44. The van der Waals surface area contributed by atoms with E-state index in [0.29, 0.717) is 5.65 Å². The lowest BCUT2D eigenvalue weighted by Gasteiger charge is -2.08. The molecule has 0 bridgehead atoms. The van der Waals surface area contributed by atoms with E-state index in [2.05, 4.69) is 20.5 Å². The van der Waals surface area contributed by atoms with Gasteiger partial charge in [-0.3, -0.25) is 18.4 Å². The summed E-state index contributed by atoms with van der Waals surface area (Å²) < 4.78 is 41.0. The van der Waals surface area contributed by atoms with E-state index < -0.39 is 23.2 Å². The average molecular weight is 388 g/mol. The van der Waals surface area contributed by atoms with E-state index in [1.54, 1.807) is 18.2 Å². The van der Waals surface area contributed by atoms with Crippen molar-refractivity contribution in [3.8, 4) is 0 Å². The van der Waals surface area contributed by atoms with E-state index in [0.717, 1.165) is 22.9 Å². The summed E-state index contributed by atoms with van der Waals surface area (Å²) in [5, 5.41) is 10.0. The highest BCUT2D eigenvalue weighted by molar-refractivity contribution is 5.93. The van der Waals surface area contributed by atoms with Crippen LogP contribution in [0.15, 0.2) is 53.7 Å². The number of pyridine rings is 2. The molecular weight excluding hydrogens is 377 g/mol. The third-order valence-corrected chi connectivity index (χ3v) is 4.07. The Bertz CT molecular complexity index is 1260. The van der Waals surface area contributed by atoms with Gasteiger partial charge in [-0.2, -0.15) is 13.2 Å². The lowest BCUT2D eigenvalue weighted by atomic mass is 10.2. The second-order valence-electron chi connectivity index (χ2n) is 5.85. The average Bonchev–Trinajstić information content (AvgIpc) is 3.08. The maximum Gasteiger partial charge on any atom is 0.417 e. The smallest absolute Gasteiger partial charge is 0.344 e. The molecule has 1 amide bonds. The monoisotopic (exact) mass is 388 g/mol. The Hall–Kier alpha value is -3.76. The maximum atomic E-state index is 12.9. The van der Waals surface area contributed by atoms with Crippen LogP contribution in [0.2, 0.25) is 0 Å². The molecule has 4 rings (SSSR count). The molecule has 0 unspecified atom stereocenters. The molecule has 0 aromatic carbocycles. The Balaban J connectivity index is 1.60. The summed E-state index contributed by atoms with van der Waals surface area (Å²) in [5.74, 6) is -0.636. The fourth-order valence-electron chi connectivity index (χ4n) is 2.66. The van der Waals surface area contributed by atoms with Crippen LogP contribution in [0.1, 0.15) is 21.7 Å². The number of carbonyl (C=O) groups is 1. The van der Waals surface area contributed by atoms with Gasteiger partial charge in [0.1, 0.15) is 11.2 Å². The first-order chi connectivity index (χ1) is 13.3. The quantitative estimate of drug-likeness (QED) is 0.577. The summed E-state index contributed by atoms with van der Waals surface area (Å²) in [4.78, 5) is 28.8. The molecule has 8 nitrogen and oxygen atoms in total. The summed E-state index contributed by atoms with van der Waals surface area (Å²) in [6.07, 6.45) is -1.05. The number of halogens is 3. The normalized spacial score (nSPS) is 11.8. The lowest BCUT2D eigenvalue weighted by molar-refractivity contribution is -0.137. The topological polar surface area (TPSA) is 93.7 Å². The number of hydrogen-bond acceptors (Lipinski definition) is 5. The van der Waals surface area contributed by atoms with Gasteiger partial charge in [-0.25, -0.2) is 4.98 Å². The highest BCUT2D eigenvalue weighted by Gasteiger charge is 2.31. The van der Waals surface area contributed by atoms with Gasteiger partial charge in [-0.15, -0.1) is 10.2 Å². The van der Waals surface area contributed by atoms with Gasteiger partial charge in [0.05, 0.1) is 12.1 Å². The van der Waals surface area contributed by atoms with Crippen molar-refractivity contribution in [3.05, 3.63) is 76.2 Å². The van der Waals surface area contributed by atoms with Crippen LogP contribution in [0.5, 0.6) is 0 Å². The number of hydrogen-bond donors (Lipinski definition) is 1. The fourth-order valence-corrected chi connectivity index (χ4v) is 2.66. The fraction of sp³-hybridized carbons (Fsp3) is 0.118. The van der Waals surface area contributed by atoms with Crippen molar-refractivity contribution in [3.63, 3.8) is 0 Å². The van der Waals surface area contributed by atoms with Crippen molar-refractivity contribution in [1.29, 1.82) is 0 Å². The summed E-state index contributed by atoms with van der Waals surface area (Å²) in [6, 6.07) is 7.02. The summed E-state index contributed by atoms with van der Waals surface area (Å²) >= 11 is 0. The van der Waals surface area contributed by atoms with Crippen LogP contribution >= 0.6 is 0 Å². The SMILES string of the molecule is O=C(NCc1nnc2ccc(C(F)(F)F)cn12)c1cnc2ccccn2c1=O. The molecule has 0 saturated carbocycles. The van der Waals surface area contributed by atoms with E-state index in [4.69, 9.17) is 0 Å². The number of amides is 1. The summed E-state index contributed by atoms with van der Waals surface area (Å²) in [6.45, 7) is -0.224. The molecule has 0 aliphatic carbocycles. The molecule has 0 spiro atoms. The zero-order valence-electron chi connectivity index (χ0n) is 14.0. The third-order valence-electron chi connectivity index (χ3n) is 4.07. The Kier molecular flexibility index (Phi) is 4.06. The van der Waals surface area contributed by atoms with Crippen molar-refractivity contribution in [1.82, 2.24) is 29.3 Å². The minimum atomic E-state index is -4.52. The van der Waals surface area contributed by atoms with Gasteiger partial charge in [0.25, 0.3) is 11.5 Å². The number of rotatable bonds is 3. The first kappa shape index (κ1) is 17.6. The van der Waals surface area contributed by atoms with Crippen LogP contribution in [0, 0.1) is 0 Å². The Morgan fingerprint density at radius 2 is 1.89 bits per heavy atom. The molecule has 1 N–H and O–H groups in total. The summed E-state index contributed by atoms with van der Waals surface area (Å²) in [5.41, 5.74) is -1.05. The van der Waals surface area contributed by atoms with E-state index in [9.17, 15) is 22.8 Å². The number of alkyl halides is 3. The van der Waals surface area contributed by atoms with Crippen molar-refractivity contribution in [2.24, 2.45) is 0 Å². The number of nitrogens with one attached hydrogen (secondary N) is 1. The van der Waals surface area contributed by atoms with Crippen LogP contribution in [-0.4, -0.2) is 29.9 Å². The number of aromatic nitrogens is 5. The molecule has 0 aliphatic heterocycles. The molecule has 0 saturated heterocycles. The molecule has 142 valence electrons. The molecule has 0 fully saturated rings. The summed E-state index contributed by atoms with van der Waals surface area (Å²) in [7, 11) is 0. The minimum Gasteiger partial charge on any atom is -0.344 e. The van der Waals surface area contributed by atoms with Crippen molar-refractivity contribution >= 4 is 17.2 Å². The highest BCUT2D eigenvalue weighted by atomic mass is 19.4. The predicted molar refractivity (Wildman–Crippen MR) is 90.6 cm³/mol. The van der Waals surface area contributed by atoms with Crippen molar-refractivity contribution < 1.29 is 18.0 Å². The number of carbonyl (C=O) groups excluding carboxylic acids is 1. The van der Waals surface area contributed by atoms with Gasteiger partial charge in [0.15, 0.2) is 11.5 Å². The zero-order chi connectivity index (χ0) is 19.9. The molecule has 4 heterocycles. The molecule has 28 heavy (non-hydrogen) atoms. The Labute approximate surface area is 154 Å². The Morgan fingerprint density at radius 1 is 1.07 bits per heavy atom. The van der Waals surface area contributed by atoms with E-state index in [-0.39, 0.29) is 23.6 Å². The van der Waals surface area contributed by atoms with E-state index in [1.165, 1.54) is 16.7 Å². The van der Waals surface area contributed by atoms with Gasteiger partial charge in [-0.1, -0.05) is 6.07 Å². The van der Waals surface area contributed by atoms with E-state index >= 15 is 0 Å². The van der Waals surface area contributed by atoms with Crippen molar-refractivity contribution in [2.75, 3.05) is 0 Å². The predicted octanol–water partition coefficient (Wildman–Crippen LogP) is 1.69. The molecule has 0 atom stereocenters. The molecule has 4 aromatic heterocycles. The molecule has 11 heteroatoms. The van der Waals surface area contributed by atoms with Crippen molar-refractivity contribution in [2.45, 2.75) is 12.7 Å². The van der Waals surface area contributed by atoms with Gasteiger partial charge < -0.3 is 5.32 Å². The Morgan fingerprint density at radius 3 is 2.68 bits per heavy atom. The molecule has 0 aliphatic rings. The van der Waals surface area contributed by atoms with Crippen LogP contribution < -0.4 is 10.9 Å². The van der Waals surface area contributed by atoms with Gasteiger partial charge in [0.2, 0.25) is 0 Å². The number of fused-ring (bicyclic) bond motifs is 2. The van der Waals surface area contributed by atoms with Gasteiger partial charge in [0, 0.05) is 18.6 Å². The standard InChI is InChI=1S/C17H11F3N6O2/c18-17(19,20)10-4-5-13-23-24-14(26(13)9-10)8-22-15(27)11-7-21-12-3-1-2-6-25(12)16(11)28/h1-7,9H,8H2,(H,22,27). The minimum absolute atomic E-state index is 0.0864. The zero-order valence-corrected chi connectivity index (χ0v) is 14.0.